The van der Waals surface area contributed by atoms with Gasteiger partial charge < -0.3 is 19.7 Å². The Labute approximate surface area is 212 Å². The van der Waals surface area contributed by atoms with Crippen molar-refractivity contribution in [3.05, 3.63) is 77.5 Å². The molecule has 2 atom stereocenters. The summed E-state index contributed by atoms with van der Waals surface area (Å²) in [6.07, 6.45) is 6.00. The number of nitrogens with zero attached hydrogens (tertiary/aromatic N) is 3. The maximum Gasteiger partial charge on any atom is 0.261 e. The van der Waals surface area contributed by atoms with Crippen LogP contribution in [0, 0.1) is 5.82 Å². The van der Waals surface area contributed by atoms with Crippen LogP contribution in [-0.4, -0.2) is 51.5 Å². The van der Waals surface area contributed by atoms with E-state index in [1.54, 1.807) is 30.3 Å². The fourth-order valence-corrected chi connectivity index (χ4v) is 5.08. The van der Waals surface area contributed by atoms with Crippen LogP contribution in [0.15, 0.2) is 61.1 Å². The van der Waals surface area contributed by atoms with Gasteiger partial charge in [0.05, 0.1) is 5.56 Å². The van der Waals surface area contributed by atoms with Gasteiger partial charge in [0.25, 0.3) is 11.8 Å². The molecule has 0 saturated carbocycles. The zero-order chi connectivity index (χ0) is 25.1. The van der Waals surface area contributed by atoms with Gasteiger partial charge in [-0.1, -0.05) is 11.6 Å². The Balaban J connectivity index is 1.21. The van der Waals surface area contributed by atoms with Crippen molar-refractivity contribution < 1.29 is 23.5 Å². The maximum atomic E-state index is 13.2. The van der Waals surface area contributed by atoms with Gasteiger partial charge in [0.15, 0.2) is 6.61 Å². The Kier molecular flexibility index (Phi) is 6.99. The molecule has 2 aromatic carbocycles. The Morgan fingerprint density at radius 3 is 2.53 bits per heavy atom. The third-order valence-electron chi connectivity index (χ3n) is 6.46. The predicted molar refractivity (Wildman–Crippen MR) is 131 cm³/mol. The summed E-state index contributed by atoms with van der Waals surface area (Å²) in [6.45, 7) is -0.202. The molecule has 2 bridgehead atoms. The van der Waals surface area contributed by atoms with Crippen molar-refractivity contribution in [1.82, 2.24) is 14.9 Å². The minimum absolute atomic E-state index is 0.0358. The molecular weight excluding hydrogens is 487 g/mol. The van der Waals surface area contributed by atoms with E-state index in [1.807, 2.05) is 4.90 Å². The number of benzene rings is 2. The molecule has 5 rings (SSSR count). The number of hydrogen-bond donors (Lipinski definition) is 1. The van der Waals surface area contributed by atoms with Crippen LogP contribution in [0.2, 0.25) is 5.02 Å². The normalized spacial score (nSPS) is 20.6. The molecule has 3 aromatic rings. The summed E-state index contributed by atoms with van der Waals surface area (Å²) in [5, 5.41) is 3.03. The van der Waals surface area contributed by atoms with Gasteiger partial charge in [-0.3, -0.25) is 9.59 Å². The second kappa shape index (κ2) is 10.5. The molecule has 2 saturated heterocycles. The number of nitrogens with one attached hydrogen (secondary N) is 1. The number of carbonyl (C=O) groups excluding carboxylic acids is 2. The maximum absolute atomic E-state index is 13.2. The molecule has 1 N–H and O–H groups in total. The fraction of sp³-hybridized carbons (Fsp3) is 0.308. The Morgan fingerprint density at radius 1 is 1.08 bits per heavy atom. The highest BCUT2D eigenvalue weighted by Gasteiger charge is 2.44. The Bertz CT molecular complexity index is 1230. The van der Waals surface area contributed by atoms with E-state index in [2.05, 4.69) is 15.3 Å². The quantitative estimate of drug-likeness (QED) is 0.503. The van der Waals surface area contributed by atoms with Crippen molar-refractivity contribution >= 4 is 29.2 Å². The minimum atomic E-state index is -0.461. The standard InChI is InChI=1S/C26H24ClFN4O4/c27-16-1-8-23(22(11-16)26(34)31-24-9-10-29-15-30-24)35-14-25(33)32-18-4-5-19(32)13-21(12-18)36-20-6-2-17(28)3-7-20/h1-3,6-11,15,18-19,21H,4-5,12-14H2,(H,29,30,31,34). The van der Waals surface area contributed by atoms with Crippen molar-refractivity contribution in [1.29, 1.82) is 0 Å². The number of anilines is 1. The van der Waals surface area contributed by atoms with E-state index in [9.17, 15) is 14.0 Å². The molecule has 0 radical (unpaired) electrons. The van der Waals surface area contributed by atoms with E-state index in [0.717, 1.165) is 12.8 Å². The average molecular weight is 511 g/mol. The van der Waals surface area contributed by atoms with Gasteiger partial charge >= 0.3 is 0 Å². The lowest BCUT2D eigenvalue weighted by molar-refractivity contribution is -0.139. The second-order valence-corrected chi connectivity index (χ2v) is 9.27. The number of amides is 2. The summed E-state index contributed by atoms with van der Waals surface area (Å²) in [5.74, 6) is 0.301. The third-order valence-corrected chi connectivity index (χ3v) is 6.69. The van der Waals surface area contributed by atoms with Crippen molar-refractivity contribution in [2.75, 3.05) is 11.9 Å². The number of aromatic nitrogens is 2. The topological polar surface area (TPSA) is 93.7 Å². The zero-order valence-electron chi connectivity index (χ0n) is 19.3. The van der Waals surface area contributed by atoms with E-state index in [1.165, 1.54) is 30.7 Å². The molecule has 2 aliphatic heterocycles. The molecule has 1 aromatic heterocycles. The predicted octanol–water partition coefficient (Wildman–Crippen LogP) is 4.50. The number of rotatable bonds is 7. The molecular formula is C26H24ClFN4O4. The van der Waals surface area contributed by atoms with E-state index in [4.69, 9.17) is 21.1 Å². The highest BCUT2D eigenvalue weighted by Crippen LogP contribution is 2.37. The van der Waals surface area contributed by atoms with Gasteiger partial charge in [-0.05, 0) is 61.4 Å². The Morgan fingerprint density at radius 2 is 1.83 bits per heavy atom. The summed E-state index contributed by atoms with van der Waals surface area (Å²) < 4.78 is 25.0. The van der Waals surface area contributed by atoms with Crippen LogP contribution >= 0.6 is 11.6 Å². The van der Waals surface area contributed by atoms with Crippen LogP contribution in [0.25, 0.3) is 0 Å². The summed E-state index contributed by atoms with van der Waals surface area (Å²) in [6, 6.07) is 12.3. The number of piperidine rings is 1. The lowest BCUT2D eigenvalue weighted by atomic mass is 9.99. The molecule has 3 heterocycles. The highest BCUT2D eigenvalue weighted by molar-refractivity contribution is 6.31. The van der Waals surface area contributed by atoms with Crippen molar-refractivity contribution in [2.24, 2.45) is 0 Å². The zero-order valence-corrected chi connectivity index (χ0v) is 20.0. The van der Waals surface area contributed by atoms with Crippen LogP contribution in [-0.2, 0) is 4.79 Å². The first-order chi connectivity index (χ1) is 17.5. The molecule has 0 spiro atoms. The molecule has 2 unspecified atom stereocenters. The number of hydrogen-bond acceptors (Lipinski definition) is 6. The summed E-state index contributed by atoms with van der Waals surface area (Å²) in [7, 11) is 0. The first-order valence-corrected chi connectivity index (χ1v) is 12.1. The molecule has 10 heteroatoms. The van der Waals surface area contributed by atoms with Gasteiger partial charge in [0.1, 0.15) is 35.6 Å². The highest BCUT2D eigenvalue weighted by atomic mass is 35.5. The van der Waals surface area contributed by atoms with E-state index in [-0.39, 0.29) is 47.8 Å². The lowest BCUT2D eigenvalue weighted by Crippen LogP contribution is -2.50. The van der Waals surface area contributed by atoms with Gasteiger partial charge in [0, 0.05) is 36.1 Å². The average Bonchev–Trinajstić information content (AvgIpc) is 3.15. The molecule has 2 fully saturated rings. The van der Waals surface area contributed by atoms with Crippen LogP contribution in [0.4, 0.5) is 10.2 Å². The van der Waals surface area contributed by atoms with Crippen LogP contribution < -0.4 is 14.8 Å². The number of fused-ring (bicyclic) bond motifs is 2. The first-order valence-electron chi connectivity index (χ1n) is 11.7. The molecule has 186 valence electrons. The van der Waals surface area contributed by atoms with E-state index in [0.29, 0.717) is 29.4 Å². The smallest absolute Gasteiger partial charge is 0.261 e. The number of ether oxygens (including phenoxy) is 2. The van der Waals surface area contributed by atoms with E-state index >= 15 is 0 Å². The fourth-order valence-electron chi connectivity index (χ4n) is 4.90. The van der Waals surface area contributed by atoms with Crippen molar-refractivity contribution in [2.45, 2.75) is 43.9 Å². The van der Waals surface area contributed by atoms with Crippen molar-refractivity contribution in [3.8, 4) is 11.5 Å². The van der Waals surface area contributed by atoms with Crippen LogP contribution in [0.3, 0.4) is 0 Å². The lowest BCUT2D eigenvalue weighted by Gasteiger charge is -2.38. The number of carbonyl (C=O) groups is 2. The van der Waals surface area contributed by atoms with Gasteiger partial charge in [0.2, 0.25) is 0 Å². The van der Waals surface area contributed by atoms with E-state index < -0.39 is 5.91 Å². The van der Waals surface area contributed by atoms with Crippen molar-refractivity contribution in [3.63, 3.8) is 0 Å². The van der Waals surface area contributed by atoms with Gasteiger partial charge in [-0.15, -0.1) is 0 Å². The van der Waals surface area contributed by atoms with Gasteiger partial charge in [-0.25, -0.2) is 14.4 Å². The summed E-state index contributed by atoms with van der Waals surface area (Å²) >= 11 is 6.11. The summed E-state index contributed by atoms with van der Waals surface area (Å²) in [4.78, 5) is 35.7. The molecule has 2 aliphatic rings. The summed E-state index contributed by atoms with van der Waals surface area (Å²) in [5.41, 5.74) is 0.197. The Hall–Kier alpha value is -3.72. The second-order valence-electron chi connectivity index (χ2n) is 8.83. The van der Waals surface area contributed by atoms with Crippen LogP contribution in [0.5, 0.6) is 11.5 Å². The SMILES string of the molecule is O=C(Nc1ccncn1)c1cc(Cl)ccc1OCC(=O)N1C2CCC1CC(Oc1ccc(F)cc1)C2. The molecule has 0 aliphatic carbocycles. The first kappa shape index (κ1) is 24.0. The third kappa shape index (κ3) is 5.41. The monoisotopic (exact) mass is 510 g/mol. The van der Waals surface area contributed by atoms with Crippen LogP contribution in [0.1, 0.15) is 36.0 Å². The number of halogens is 2. The molecule has 2 amide bonds. The largest absolute Gasteiger partial charge is 0.490 e. The minimum Gasteiger partial charge on any atom is -0.490 e. The van der Waals surface area contributed by atoms with Gasteiger partial charge in [-0.2, -0.15) is 0 Å². The molecule has 8 nitrogen and oxygen atoms in total. The molecule has 36 heavy (non-hydrogen) atoms.